The lowest BCUT2D eigenvalue weighted by Gasteiger charge is -2.20. The van der Waals surface area contributed by atoms with Crippen LogP contribution in [0.15, 0.2) is 361 Å². The molecule has 2 heterocycles. The molecule has 0 bridgehead atoms. The normalized spacial score (nSPS) is 11.9. The van der Waals surface area contributed by atoms with Crippen LogP contribution in [0.4, 0.5) is 0 Å². The van der Waals surface area contributed by atoms with Crippen LogP contribution in [0.5, 0.6) is 0 Å². The Morgan fingerprint density at radius 1 is 0.153 bits per heavy atom. The molecule has 0 saturated heterocycles. The summed E-state index contributed by atoms with van der Waals surface area (Å²) in [7, 11) is 0. The fourth-order valence-corrected chi connectivity index (χ4v) is 16.2. The van der Waals surface area contributed by atoms with Gasteiger partial charge in [-0.3, -0.25) is 0 Å². The molecule has 2 heteroatoms. The molecule has 0 amide bonds. The number of para-hydroxylation sites is 2. The van der Waals surface area contributed by atoms with Crippen LogP contribution < -0.4 is 0 Å². The third kappa shape index (κ3) is 8.82. The third-order valence-corrected chi connectivity index (χ3v) is 20.6. The molecule has 2 aromatic heterocycles. The molecule has 20 rings (SSSR count). The van der Waals surface area contributed by atoms with Gasteiger partial charge in [0.15, 0.2) is 0 Å². The molecule has 0 radical (unpaired) electrons. The number of fused-ring (bicyclic) bond motifs is 12. The Morgan fingerprint density at radius 3 is 0.980 bits per heavy atom. The summed E-state index contributed by atoms with van der Waals surface area (Å²) < 4.78 is 13.6. The molecule has 2 nitrogen and oxygen atoms in total. The Bertz CT molecular complexity index is 6550. The zero-order valence-electron chi connectivity index (χ0n) is 53.3. The van der Waals surface area contributed by atoms with Gasteiger partial charge in [-0.15, -0.1) is 0 Å². The lowest BCUT2D eigenvalue weighted by Crippen LogP contribution is -1.93. The van der Waals surface area contributed by atoms with E-state index in [0.29, 0.717) is 0 Å². The maximum absolute atomic E-state index is 6.85. The molecule has 0 aliphatic carbocycles. The zero-order chi connectivity index (χ0) is 64.4. The van der Waals surface area contributed by atoms with Crippen molar-refractivity contribution in [3.8, 4) is 100 Å². The van der Waals surface area contributed by atoms with Gasteiger partial charge in [-0.05, 0) is 214 Å². The van der Waals surface area contributed by atoms with Crippen LogP contribution in [-0.4, -0.2) is 0 Å². The third-order valence-electron chi connectivity index (χ3n) is 20.6. The average molecular weight is 1240 g/mol. The SMILES string of the molecule is c1ccc(-c2cc(-c3c4ccccc4c(-c4ccccc4-c4ccc5ccc(-c6ccc7ccc(-c8ccccc8-c8c9ccccc9c(-c9ccc(-c%10ccccc%10)c%10oc%11ccccc%11c9%10)c9ccccc89)cc7c6)cc5c4)c4ccccc34)c3c(c2)oc2ccccc23)cc1. The van der Waals surface area contributed by atoms with Crippen molar-refractivity contribution in [2.75, 3.05) is 0 Å². The highest BCUT2D eigenvalue weighted by Gasteiger charge is 2.26. The molecule has 0 N–H and O–H groups in total. The minimum Gasteiger partial charge on any atom is -0.456 e. The molecule has 0 aliphatic rings. The van der Waals surface area contributed by atoms with Crippen LogP contribution in [-0.2, 0) is 0 Å². The summed E-state index contributed by atoms with van der Waals surface area (Å²) in [5.41, 5.74) is 24.7. The summed E-state index contributed by atoms with van der Waals surface area (Å²) in [4.78, 5) is 0. The summed E-state index contributed by atoms with van der Waals surface area (Å²) in [6.07, 6.45) is 0. The Kier molecular flexibility index (Phi) is 12.7. The van der Waals surface area contributed by atoms with Gasteiger partial charge in [0, 0.05) is 27.1 Å². The predicted octanol–water partition coefficient (Wildman–Crippen LogP) is 27.4. The molecule has 454 valence electrons. The van der Waals surface area contributed by atoms with Gasteiger partial charge in [-0.2, -0.15) is 0 Å². The lowest BCUT2D eigenvalue weighted by molar-refractivity contribution is 0.669. The summed E-state index contributed by atoms with van der Waals surface area (Å²) in [6.45, 7) is 0. The first kappa shape index (κ1) is 55.6. The fourth-order valence-electron chi connectivity index (χ4n) is 16.2. The molecule has 0 spiro atoms. The molecular formula is C96H58O2. The van der Waals surface area contributed by atoms with Crippen molar-refractivity contribution in [3.63, 3.8) is 0 Å². The fraction of sp³-hybridized carbons (Fsp3) is 0. The molecule has 0 atom stereocenters. The minimum atomic E-state index is 0.881. The van der Waals surface area contributed by atoms with E-state index in [9.17, 15) is 0 Å². The lowest BCUT2D eigenvalue weighted by atomic mass is 9.82. The largest absolute Gasteiger partial charge is 0.456 e. The van der Waals surface area contributed by atoms with E-state index >= 15 is 0 Å². The number of hydrogen-bond acceptors (Lipinski definition) is 2. The van der Waals surface area contributed by atoms with Gasteiger partial charge in [0.25, 0.3) is 0 Å². The second-order valence-corrected chi connectivity index (χ2v) is 26.0. The minimum absolute atomic E-state index is 0.881. The summed E-state index contributed by atoms with van der Waals surface area (Å²) in [6, 6.07) is 129. The quantitative estimate of drug-likeness (QED) is 0.135. The Morgan fingerprint density at radius 2 is 0.500 bits per heavy atom. The van der Waals surface area contributed by atoms with Gasteiger partial charge in [0.05, 0.1) is 0 Å². The molecule has 0 aliphatic heterocycles. The van der Waals surface area contributed by atoms with Gasteiger partial charge in [-0.1, -0.05) is 297 Å². The highest BCUT2D eigenvalue weighted by atomic mass is 16.3. The number of hydrogen-bond donors (Lipinski definition) is 0. The average Bonchev–Trinajstić information content (AvgIpc) is 1.24. The molecule has 0 saturated carbocycles. The van der Waals surface area contributed by atoms with Crippen molar-refractivity contribution in [1.29, 1.82) is 0 Å². The van der Waals surface area contributed by atoms with E-state index in [-0.39, 0.29) is 0 Å². The van der Waals surface area contributed by atoms with Crippen LogP contribution in [0.1, 0.15) is 0 Å². The van der Waals surface area contributed by atoms with Crippen LogP contribution in [0.25, 0.3) is 209 Å². The van der Waals surface area contributed by atoms with Crippen molar-refractivity contribution in [3.05, 3.63) is 352 Å². The van der Waals surface area contributed by atoms with Gasteiger partial charge in [0.1, 0.15) is 22.3 Å². The van der Waals surface area contributed by atoms with Crippen LogP contribution in [0, 0.1) is 0 Å². The van der Waals surface area contributed by atoms with E-state index in [1.165, 1.54) is 131 Å². The first-order chi connectivity index (χ1) is 48.6. The summed E-state index contributed by atoms with van der Waals surface area (Å²) in [5, 5.41) is 18.9. The Balaban J connectivity index is 0.690. The summed E-state index contributed by atoms with van der Waals surface area (Å²) >= 11 is 0. The van der Waals surface area contributed by atoms with Gasteiger partial charge >= 0.3 is 0 Å². The van der Waals surface area contributed by atoms with E-state index in [2.05, 4.69) is 352 Å². The molecule has 0 unspecified atom stereocenters. The monoisotopic (exact) mass is 1240 g/mol. The smallest absolute Gasteiger partial charge is 0.143 e. The van der Waals surface area contributed by atoms with E-state index in [1.54, 1.807) is 0 Å². The first-order valence-electron chi connectivity index (χ1n) is 33.8. The van der Waals surface area contributed by atoms with E-state index in [1.807, 2.05) is 0 Å². The van der Waals surface area contributed by atoms with Crippen molar-refractivity contribution in [2.45, 2.75) is 0 Å². The molecule has 18 aromatic carbocycles. The molecule has 20 aromatic rings. The number of rotatable bonds is 9. The Hall–Kier alpha value is -12.9. The number of furan rings is 2. The summed E-state index contributed by atoms with van der Waals surface area (Å²) in [5.74, 6) is 0. The van der Waals surface area contributed by atoms with E-state index < -0.39 is 0 Å². The highest BCUT2D eigenvalue weighted by Crippen LogP contribution is 2.53. The second-order valence-electron chi connectivity index (χ2n) is 26.0. The van der Waals surface area contributed by atoms with E-state index in [0.717, 1.165) is 77.3 Å². The van der Waals surface area contributed by atoms with E-state index in [4.69, 9.17) is 8.83 Å². The van der Waals surface area contributed by atoms with Gasteiger partial charge in [-0.25, -0.2) is 0 Å². The van der Waals surface area contributed by atoms with Gasteiger partial charge in [0.2, 0.25) is 0 Å². The molecule has 0 fully saturated rings. The maximum atomic E-state index is 6.85. The molecular weight excluding hydrogens is 1190 g/mol. The predicted molar refractivity (Wildman–Crippen MR) is 415 cm³/mol. The standard InChI is InChI=1S/C96H58O2/c1-3-23-59(24-4-1)69-57-86(94-83-39-19-21-41-87(83)97-89(94)58-69)93-81-37-17-13-33-77(81)91(78-34-14-18-38-82(78)93)74-30-10-8-28-71(74)66-50-46-61-44-48-64(54-68(61)56-66)63-47-43-60-45-49-65(55-67(60)53-63)70-27-7-9-29-73(70)90-75-31-11-15-35-79(75)92(80-36-16-12-32-76(80)90)85-52-51-72(62-25-5-2-6-26-62)96-95(85)84-40-20-22-42-88(84)98-96/h1-58H. The highest BCUT2D eigenvalue weighted by molar-refractivity contribution is 6.29. The van der Waals surface area contributed by atoms with Crippen LogP contribution >= 0.6 is 0 Å². The number of benzene rings is 18. The second kappa shape index (κ2) is 22.4. The van der Waals surface area contributed by atoms with Crippen molar-refractivity contribution < 1.29 is 8.83 Å². The first-order valence-corrected chi connectivity index (χ1v) is 33.8. The van der Waals surface area contributed by atoms with Crippen LogP contribution in [0.3, 0.4) is 0 Å². The maximum Gasteiger partial charge on any atom is 0.143 e. The molecule has 98 heavy (non-hydrogen) atoms. The van der Waals surface area contributed by atoms with Gasteiger partial charge < -0.3 is 8.83 Å². The van der Waals surface area contributed by atoms with Crippen molar-refractivity contribution in [2.24, 2.45) is 0 Å². The van der Waals surface area contributed by atoms with Crippen molar-refractivity contribution in [1.82, 2.24) is 0 Å². The Labute approximate surface area is 565 Å². The zero-order valence-corrected chi connectivity index (χ0v) is 53.3. The topological polar surface area (TPSA) is 26.3 Å². The van der Waals surface area contributed by atoms with Crippen molar-refractivity contribution >= 4 is 109 Å². The van der Waals surface area contributed by atoms with Crippen LogP contribution in [0.2, 0.25) is 0 Å².